The van der Waals surface area contributed by atoms with Crippen molar-refractivity contribution in [3.05, 3.63) is 0 Å². The maximum atomic E-state index is 9.85. The molecule has 1 aliphatic heterocycles. The summed E-state index contributed by atoms with van der Waals surface area (Å²) in [5, 5.41) is 2.88. The van der Waals surface area contributed by atoms with E-state index >= 15 is 0 Å². The van der Waals surface area contributed by atoms with Crippen molar-refractivity contribution in [2.24, 2.45) is 0 Å². The Morgan fingerprint density at radius 2 is 2.29 bits per heavy atom. The lowest BCUT2D eigenvalue weighted by atomic mass is 10.6. The van der Waals surface area contributed by atoms with Crippen LogP contribution in [-0.2, 0) is 10.7 Å². The normalized spacial score (nSPS) is 28.4. The molecule has 1 aliphatic rings. The summed E-state index contributed by atoms with van der Waals surface area (Å²) < 4.78 is 19.7. The molecule has 0 saturated carbocycles. The first-order valence-electron chi connectivity index (χ1n) is 2.14. The molecule has 1 heterocycles. The topological polar surface area (TPSA) is 56.1 Å². The van der Waals surface area contributed by atoms with E-state index in [1.165, 1.54) is 0 Å². The largest absolute Gasteiger partial charge is 0.310 e. The summed E-state index contributed by atoms with van der Waals surface area (Å²) in [4.78, 5) is 0. The molecule has 1 atom stereocenters. The van der Waals surface area contributed by atoms with Crippen LogP contribution in [0.2, 0.25) is 0 Å². The summed E-state index contributed by atoms with van der Waals surface area (Å²) in [7, 11) is -2.14. The van der Waals surface area contributed by atoms with E-state index in [-0.39, 0.29) is 6.04 Å². The van der Waals surface area contributed by atoms with E-state index in [1.807, 2.05) is 0 Å². The highest BCUT2D eigenvalue weighted by Gasteiger charge is 2.19. The quantitative estimate of drug-likeness (QED) is 0.348. The van der Waals surface area contributed by atoms with Crippen molar-refractivity contribution < 1.29 is 8.42 Å². The first-order chi connectivity index (χ1) is 3.29. The average molecular weight is 121 g/mol. The summed E-state index contributed by atoms with van der Waals surface area (Å²) >= 11 is 0. The molecule has 0 amide bonds. The molecule has 1 N–H and O–H groups in total. The van der Waals surface area contributed by atoms with Crippen LogP contribution in [0.5, 0.6) is 0 Å². The van der Waals surface area contributed by atoms with Gasteiger partial charge in [0.05, 0.1) is 5.75 Å². The van der Waals surface area contributed by atoms with E-state index in [4.69, 9.17) is 0 Å². The molecule has 0 aliphatic carbocycles. The molecular formula is C3H7NO2S. The molecule has 0 aromatic rings. The van der Waals surface area contributed by atoms with Crippen molar-refractivity contribution in [3.8, 4) is 0 Å². The Kier molecular flexibility index (Phi) is 1.30. The first-order valence-corrected chi connectivity index (χ1v) is 3.50. The van der Waals surface area contributed by atoms with Crippen LogP contribution in [0, 0.1) is 0 Å². The molecule has 0 spiro atoms. The molecule has 0 aromatic heterocycles. The van der Waals surface area contributed by atoms with Crippen LogP contribution in [0.15, 0.2) is 0 Å². The smallest absolute Gasteiger partial charge is 0.141 e. The molecule has 1 unspecified atom stereocenters. The van der Waals surface area contributed by atoms with Gasteiger partial charge in [-0.3, -0.25) is 0 Å². The third-order valence-corrected chi connectivity index (χ3v) is 1.60. The fourth-order valence-corrected chi connectivity index (χ4v) is 1.01. The highest BCUT2D eigenvalue weighted by molar-refractivity contribution is 7.72. The van der Waals surface area contributed by atoms with Crippen molar-refractivity contribution in [2.45, 2.75) is 6.04 Å². The highest BCUT2D eigenvalue weighted by atomic mass is 32.2. The fraction of sp³-hybridized carbons (Fsp3) is 1.00. The molecular weight excluding hydrogens is 114 g/mol. The van der Waals surface area contributed by atoms with Crippen LogP contribution in [0.4, 0.5) is 0 Å². The van der Waals surface area contributed by atoms with Gasteiger partial charge in [-0.2, -0.15) is 0 Å². The number of rotatable bonds is 2. The Morgan fingerprint density at radius 1 is 1.71 bits per heavy atom. The van der Waals surface area contributed by atoms with Gasteiger partial charge in [0.2, 0.25) is 0 Å². The standard InChI is InChI=1S/C3H7NO2S/c5-7(6)2-3-1-4-3/h3-4,7H,1-2H2. The third kappa shape index (κ3) is 1.89. The Hall–Kier alpha value is -0.0900. The second-order valence-corrected chi connectivity index (χ2v) is 2.65. The van der Waals surface area contributed by atoms with Gasteiger partial charge in [0.1, 0.15) is 10.7 Å². The number of thiol groups is 1. The first kappa shape index (κ1) is 5.05. The van der Waals surface area contributed by atoms with Gasteiger partial charge in [0, 0.05) is 12.6 Å². The monoisotopic (exact) mass is 121 g/mol. The van der Waals surface area contributed by atoms with E-state index in [0.717, 1.165) is 6.54 Å². The van der Waals surface area contributed by atoms with Gasteiger partial charge in [0.25, 0.3) is 0 Å². The summed E-state index contributed by atoms with van der Waals surface area (Å²) in [5.41, 5.74) is 0. The zero-order valence-corrected chi connectivity index (χ0v) is 4.65. The van der Waals surface area contributed by atoms with Crippen LogP contribution in [0.25, 0.3) is 0 Å². The third-order valence-electron chi connectivity index (χ3n) is 0.862. The summed E-state index contributed by atoms with van der Waals surface area (Å²) in [6.45, 7) is 0.878. The molecule has 4 heteroatoms. The maximum Gasteiger partial charge on any atom is 0.141 e. The van der Waals surface area contributed by atoms with Crippen LogP contribution in [0.1, 0.15) is 0 Å². The van der Waals surface area contributed by atoms with Crippen molar-refractivity contribution in [1.82, 2.24) is 5.32 Å². The Bertz CT molecular complexity index is 119. The number of hydrogen-bond acceptors (Lipinski definition) is 3. The molecule has 42 valence electrons. The van der Waals surface area contributed by atoms with Gasteiger partial charge >= 0.3 is 0 Å². The van der Waals surface area contributed by atoms with Gasteiger partial charge in [-0.15, -0.1) is 0 Å². The van der Waals surface area contributed by atoms with Gasteiger partial charge in [0.15, 0.2) is 0 Å². The average Bonchev–Trinajstić information content (AvgIpc) is 2.17. The van der Waals surface area contributed by atoms with E-state index in [1.54, 1.807) is 0 Å². The fourth-order valence-electron chi connectivity index (χ4n) is 0.392. The van der Waals surface area contributed by atoms with Gasteiger partial charge in [-0.1, -0.05) is 0 Å². The Balaban J connectivity index is 2.21. The lowest BCUT2D eigenvalue weighted by Gasteiger charge is -1.75. The molecule has 1 rings (SSSR count). The van der Waals surface area contributed by atoms with Crippen LogP contribution in [0.3, 0.4) is 0 Å². The van der Waals surface area contributed by atoms with E-state index in [9.17, 15) is 8.42 Å². The number of hydrogen-bond donors (Lipinski definition) is 2. The van der Waals surface area contributed by atoms with Crippen molar-refractivity contribution in [3.63, 3.8) is 0 Å². The maximum absolute atomic E-state index is 9.85. The van der Waals surface area contributed by atoms with Crippen LogP contribution >= 0.6 is 0 Å². The molecule has 0 bridgehead atoms. The molecule has 7 heavy (non-hydrogen) atoms. The van der Waals surface area contributed by atoms with E-state index < -0.39 is 10.7 Å². The predicted molar refractivity (Wildman–Crippen MR) is 27.0 cm³/mol. The molecule has 0 aromatic carbocycles. The van der Waals surface area contributed by atoms with E-state index in [2.05, 4.69) is 5.32 Å². The summed E-state index contributed by atoms with van der Waals surface area (Å²) in [6.07, 6.45) is 0. The molecule has 1 fully saturated rings. The summed E-state index contributed by atoms with van der Waals surface area (Å²) in [6, 6.07) is 0.279. The molecule has 1 saturated heterocycles. The van der Waals surface area contributed by atoms with Crippen LogP contribution in [-0.4, -0.2) is 26.8 Å². The second-order valence-electron chi connectivity index (χ2n) is 1.62. The van der Waals surface area contributed by atoms with Gasteiger partial charge in [-0.25, -0.2) is 8.42 Å². The van der Waals surface area contributed by atoms with Gasteiger partial charge in [-0.05, 0) is 0 Å². The second kappa shape index (κ2) is 1.79. The van der Waals surface area contributed by atoms with Crippen molar-refractivity contribution in [2.75, 3.05) is 12.3 Å². The van der Waals surface area contributed by atoms with Crippen LogP contribution < -0.4 is 5.32 Å². The zero-order valence-electron chi connectivity index (χ0n) is 3.76. The van der Waals surface area contributed by atoms with Crippen molar-refractivity contribution in [1.29, 1.82) is 0 Å². The minimum Gasteiger partial charge on any atom is -0.310 e. The minimum atomic E-state index is -2.14. The number of nitrogens with one attached hydrogen (secondary N) is 1. The zero-order chi connectivity index (χ0) is 5.28. The Labute approximate surface area is 43.7 Å². The minimum absolute atomic E-state index is 0.279. The SMILES string of the molecule is O=[SH](=O)CC1CN1. The lowest BCUT2D eigenvalue weighted by molar-refractivity contribution is 0.613. The molecule has 3 nitrogen and oxygen atoms in total. The van der Waals surface area contributed by atoms with E-state index in [0.29, 0.717) is 5.75 Å². The Morgan fingerprint density at radius 3 is 2.43 bits per heavy atom. The molecule has 0 radical (unpaired) electrons. The highest BCUT2D eigenvalue weighted by Crippen LogP contribution is 1.94. The van der Waals surface area contributed by atoms with Gasteiger partial charge < -0.3 is 5.32 Å². The predicted octanol–water partition coefficient (Wildman–Crippen LogP) is -1.43. The summed E-state index contributed by atoms with van der Waals surface area (Å²) in [5.74, 6) is 0.315. The van der Waals surface area contributed by atoms with Crippen molar-refractivity contribution >= 4 is 10.7 Å². The lowest BCUT2D eigenvalue weighted by Crippen LogP contribution is -1.98.